The van der Waals surface area contributed by atoms with Gasteiger partial charge in [0, 0.05) is 36.2 Å². The lowest BCUT2D eigenvalue weighted by molar-refractivity contribution is 0.199. The summed E-state index contributed by atoms with van der Waals surface area (Å²) in [5.41, 5.74) is 2.81. The first-order valence-corrected chi connectivity index (χ1v) is 9.24. The fourth-order valence-corrected chi connectivity index (χ4v) is 3.58. The van der Waals surface area contributed by atoms with Gasteiger partial charge >= 0.3 is 6.03 Å². The van der Waals surface area contributed by atoms with Crippen molar-refractivity contribution in [3.05, 3.63) is 72.4 Å². The molecule has 0 bridgehead atoms. The number of aryl methyl sites for hydroxylation is 1. The topological polar surface area (TPSA) is 59.6 Å². The molecule has 1 aliphatic heterocycles. The van der Waals surface area contributed by atoms with Gasteiger partial charge in [-0.25, -0.2) is 4.79 Å². The molecule has 0 aliphatic carbocycles. The highest BCUT2D eigenvalue weighted by molar-refractivity contribution is 5.90. The molecular formula is C21H23N3O3. The van der Waals surface area contributed by atoms with E-state index in [4.69, 9.17) is 9.15 Å². The number of ether oxygens (including phenoxy) is 1. The molecule has 6 nitrogen and oxygen atoms in total. The Labute approximate surface area is 158 Å². The van der Waals surface area contributed by atoms with Crippen molar-refractivity contribution >= 4 is 11.7 Å². The second-order valence-electron chi connectivity index (χ2n) is 6.52. The van der Waals surface area contributed by atoms with Crippen molar-refractivity contribution in [3.63, 3.8) is 0 Å². The number of hydrogen-bond donors (Lipinski definition) is 1. The summed E-state index contributed by atoms with van der Waals surface area (Å²) in [5.74, 6) is 0.791. The third kappa shape index (κ3) is 3.56. The van der Waals surface area contributed by atoms with E-state index in [-0.39, 0.29) is 12.1 Å². The van der Waals surface area contributed by atoms with Crippen molar-refractivity contribution in [3.8, 4) is 5.75 Å². The van der Waals surface area contributed by atoms with Crippen molar-refractivity contribution in [2.24, 2.45) is 0 Å². The standard InChI is InChI=1S/C21H23N3O3/c1-2-27-18-8-6-17(7-9-18)22-21(25)24-13-4-12-23-11-3-5-19(23)20(24)16-10-14-26-15-16/h3,5-11,14-15,20H,2,4,12-13H2,1H3,(H,22,25). The van der Waals surface area contributed by atoms with Gasteiger partial charge in [0.1, 0.15) is 11.8 Å². The van der Waals surface area contributed by atoms with Crippen LogP contribution in [0.1, 0.15) is 30.6 Å². The van der Waals surface area contributed by atoms with E-state index in [0.717, 1.165) is 35.7 Å². The zero-order valence-corrected chi connectivity index (χ0v) is 15.3. The second kappa shape index (κ2) is 7.61. The molecule has 4 rings (SSSR count). The Bertz CT molecular complexity index is 884. The summed E-state index contributed by atoms with van der Waals surface area (Å²) < 4.78 is 13.0. The number of nitrogens with zero attached hydrogens (tertiary/aromatic N) is 2. The molecular weight excluding hydrogens is 342 g/mol. The number of rotatable bonds is 4. The number of nitrogens with one attached hydrogen (secondary N) is 1. The first-order valence-electron chi connectivity index (χ1n) is 9.24. The molecule has 27 heavy (non-hydrogen) atoms. The third-order valence-corrected chi connectivity index (χ3v) is 4.79. The second-order valence-corrected chi connectivity index (χ2v) is 6.52. The van der Waals surface area contributed by atoms with Crippen LogP contribution in [-0.4, -0.2) is 28.6 Å². The summed E-state index contributed by atoms with van der Waals surface area (Å²) in [6, 6.07) is 13.2. The monoisotopic (exact) mass is 365 g/mol. The normalized spacial score (nSPS) is 16.5. The number of urea groups is 1. The lowest BCUT2D eigenvalue weighted by Crippen LogP contribution is -2.38. The Morgan fingerprint density at radius 1 is 1.22 bits per heavy atom. The summed E-state index contributed by atoms with van der Waals surface area (Å²) in [4.78, 5) is 15.0. The van der Waals surface area contributed by atoms with E-state index in [1.807, 2.05) is 48.2 Å². The predicted octanol–water partition coefficient (Wildman–Crippen LogP) is 4.51. The van der Waals surface area contributed by atoms with Gasteiger partial charge < -0.3 is 23.9 Å². The molecule has 1 N–H and O–H groups in total. The van der Waals surface area contributed by atoms with Gasteiger partial charge in [0.05, 0.1) is 19.1 Å². The zero-order chi connectivity index (χ0) is 18.6. The molecule has 6 heteroatoms. The first-order chi connectivity index (χ1) is 13.3. The van der Waals surface area contributed by atoms with Crippen LogP contribution in [0.5, 0.6) is 5.75 Å². The van der Waals surface area contributed by atoms with Crippen LogP contribution in [0.4, 0.5) is 10.5 Å². The average Bonchev–Trinajstić information content (AvgIpc) is 3.33. The lowest BCUT2D eigenvalue weighted by Gasteiger charge is -2.29. The van der Waals surface area contributed by atoms with E-state index in [0.29, 0.717) is 13.2 Å². The van der Waals surface area contributed by atoms with Gasteiger partial charge in [0.2, 0.25) is 0 Å². The van der Waals surface area contributed by atoms with Gasteiger partial charge in [-0.1, -0.05) is 0 Å². The van der Waals surface area contributed by atoms with E-state index in [2.05, 4.69) is 22.1 Å². The van der Waals surface area contributed by atoms with E-state index < -0.39 is 0 Å². The smallest absolute Gasteiger partial charge is 0.322 e. The summed E-state index contributed by atoms with van der Waals surface area (Å²) >= 11 is 0. The van der Waals surface area contributed by atoms with Crippen molar-refractivity contribution in [1.29, 1.82) is 0 Å². The maximum absolute atomic E-state index is 13.1. The molecule has 0 fully saturated rings. The van der Waals surface area contributed by atoms with Gasteiger partial charge in [0.15, 0.2) is 0 Å². The minimum atomic E-state index is -0.177. The fourth-order valence-electron chi connectivity index (χ4n) is 3.58. The molecule has 140 valence electrons. The fraction of sp³-hybridized carbons (Fsp3) is 0.286. The molecule has 0 spiro atoms. The lowest BCUT2D eigenvalue weighted by atomic mass is 10.1. The van der Waals surface area contributed by atoms with Gasteiger partial charge in [-0.15, -0.1) is 0 Å². The maximum Gasteiger partial charge on any atom is 0.322 e. The number of fused-ring (bicyclic) bond motifs is 1. The quantitative estimate of drug-likeness (QED) is 0.740. The van der Waals surface area contributed by atoms with Gasteiger partial charge in [-0.05, 0) is 55.8 Å². The highest BCUT2D eigenvalue weighted by Crippen LogP contribution is 2.32. The molecule has 2 aromatic heterocycles. The Balaban J connectivity index is 1.59. The summed E-state index contributed by atoms with van der Waals surface area (Å²) in [6.45, 7) is 4.12. The van der Waals surface area contributed by atoms with Crippen LogP contribution >= 0.6 is 0 Å². The number of carbonyl (C=O) groups is 1. The van der Waals surface area contributed by atoms with E-state index in [1.54, 1.807) is 12.5 Å². The summed E-state index contributed by atoms with van der Waals surface area (Å²) in [5, 5.41) is 3.02. The average molecular weight is 365 g/mol. The molecule has 1 aromatic carbocycles. The Kier molecular flexibility index (Phi) is 4.87. The number of furan rings is 1. The maximum atomic E-state index is 13.1. The number of carbonyl (C=O) groups excluding carboxylic acids is 1. The Morgan fingerprint density at radius 3 is 2.81 bits per heavy atom. The number of aromatic nitrogens is 1. The van der Waals surface area contributed by atoms with Crippen LogP contribution in [-0.2, 0) is 6.54 Å². The largest absolute Gasteiger partial charge is 0.494 e. The van der Waals surface area contributed by atoms with Gasteiger partial charge in [-0.3, -0.25) is 0 Å². The first kappa shape index (κ1) is 17.3. The molecule has 0 saturated carbocycles. The molecule has 1 unspecified atom stereocenters. The molecule has 0 saturated heterocycles. The number of benzene rings is 1. The number of anilines is 1. The van der Waals surface area contributed by atoms with E-state index >= 15 is 0 Å². The third-order valence-electron chi connectivity index (χ3n) is 4.79. The summed E-state index contributed by atoms with van der Waals surface area (Å²) in [6.07, 6.45) is 6.32. The van der Waals surface area contributed by atoms with E-state index in [1.165, 1.54) is 0 Å². The minimum absolute atomic E-state index is 0.125. The van der Waals surface area contributed by atoms with Crippen LogP contribution < -0.4 is 10.1 Å². The number of hydrogen-bond acceptors (Lipinski definition) is 3. The zero-order valence-electron chi connectivity index (χ0n) is 15.3. The van der Waals surface area contributed by atoms with E-state index in [9.17, 15) is 4.79 Å². The van der Waals surface area contributed by atoms with Crippen molar-refractivity contribution < 1.29 is 13.9 Å². The molecule has 3 heterocycles. The molecule has 1 atom stereocenters. The minimum Gasteiger partial charge on any atom is -0.494 e. The van der Waals surface area contributed by atoms with Crippen molar-refractivity contribution in [2.45, 2.75) is 25.9 Å². The highest BCUT2D eigenvalue weighted by atomic mass is 16.5. The molecule has 3 aromatic rings. The van der Waals surface area contributed by atoms with Crippen LogP contribution in [0, 0.1) is 0 Å². The summed E-state index contributed by atoms with van der Waals surface area (Å²) in [7, 11) is 0. The Morgan fingerprint density at radius 2 is 2.07 bits per heavy atom. The SMILES string of the molecule is CCOc1ccc(NC(=O)N2CCCn3cccc3C2c2ccoc2)cc1. The van der Waals surface area contributed by atoms with Gasteiger partial charge in [-0.2, -0.15) is 0 Å². The molecule has 0 radical (unpaired) electrons. The van der Waals surface area contributed by atoms with Crippen LogP contribution in [0.25, 0.3) is 0 Å². The van der Waals surface area contributed by atoms with Crippen LogP contribution in [0.2, 0.25) is 0 Å². The van der Waals surface area contributed by atoms with Crippen LogP contribution in [0.15, 0.2) is 65.6 Å². The van der Waals surface area contributed by atoms with Crippen LogP contribution in [0.3, 0.4) is 0 Å². The van der Waals surface area contributed by atoms with Crippen molar-refractivity contribution in [1.82, 2.24) is 9.47 Å². The Hall–Kier alpha value is -3.15. The van der Waals surface area contributed by atoms with Gasteiger partial charge in [0.25, 0.3) is 0 Å². The van der Waals surface area contributed by atoms with Crippen molar-refractivity contribution in [2.75, 3.05) is 18.5 Å². The molecule has 2 amide bonds. The highest BCUT2D eigenvalue weighted by Gasteiger charge is 2.31. The predicted molar refractivity (Wildman–Crippen MR) is 103 cm³/mol. The number of amides is 2. The molecule has 1 aliphatic rings.